The Bertz CT molecular complexity index is 1200. The second kappa shape index (κ2) is 9.31. The Balaban J connectivity index is 1.47. The van der Waals surface area contributed by atoms with Crippen LogP contribution in [-0.4, -0.2) is 44.5 Å². The Morgan fingerprint density at radius 2 is 1.78 bits per heavy atom. The molecule has 3 atom stereocenters. The Labute approximate surface area is 182 Å². The average Bonchev–Trinajstić information content (AvgIpc) is 3.18. The van der Waals surface area contributed by atoms with E-state index in [4.69, 9.17) is 4.74 Å². The van der Waals surface area contributed by atoms with Gasteiger partial charge in [0.1, 0.15) is 17.9 Å². The average molecular weight is 437 g/mol. The first-order valence-electron chi connectivity index (χ1n) is 10.2. The van der Waals surface area contributed by atoms with Crippen LogP contribution in [0.15, 0.2) is 70.4 Å². The molecule has 0 saturated carbocycles. The van der Waals surface area contributed by atoms with E-state index in [1.54, 1.807) is 0 Å². The fourth-order valence-electron chi connectivity index (χ4n) is 3.63. The molecule has 1 fully saturated rings. The molecule has 1 saturated heterocycles. The van der Waals surface area contributed by atoms with Crippen LogP contribution in [0.5, 0.6) is 0 Å². The molecule has 0 spiro atoms. The van der Waals surface area contributed by atoms with Gasteiger partial charge in [0.2, 0.25) is 0 Å². The largest absolute Gasteiger partial charge is 0.394 e. The van der Waals surface area contributed by atoms with Crippen LogP contribution in [0.1, 0.15) is 28.6 Å². The second-order valence-corrected chi connectivity index (χ2v) is 7.57. The van der Waals surface area contributed by atoms with Gasteiger partial charge in [0.25, 0.3) is 11.5 Å². The number of carbonyl (C=O) groups is 1. The number of hydrogen-bond donors (Lipinski definition) is 4. The van der Waals surface area contributed by atoms with Crippen molar-refractivity contribution >= 4 is 5.91 Å². The molecule has 9 nitrogen and oxygen atoms in total. The van der Waals surface area contributed by atoms with Gasteiger partial charge in [-0.25, -0.2) is 4.79 Å². The molecule has 4 rings (SSSR count). The lowest BCUT2D eigenvalue weighted by Crippen LogP contribution is -2.38. The molecule has 0 bridgehead atoms. The Morgan fingerprint density at radius 1 is 1.09 bits per heavy atom. The summed E-state index contributed by atoms with van der Waals surface area (Å²) < 4.78 is 6.50. The van der Waals surface area contributed by atoms with Crippen molar-refractivity contribution < 1.29 is 19.7 Å². The lowest BCUT2D eigenvalue weighted by molar-refractivity contribution is -0.0459. The van der Waals surface area contributed by atoms with Crippen LogP contribution in [-0.2, 0) is 11.3 Å². The number of aromatic nitrogens is 2. The first-order valence-corrected chi connectivity index (χ1v) is 10.2. The molecule has 1 aliphatic rings. The molecule has 9 heteroatoms. The van der Waals surface area contributed by atoms with Crippen molar-refractivity contribution in [1.82, 2.24) is 14.9 Å². The zero-order valence-corrected chi connectivity index (χ0v) is 17.1. The molecule has 0 radical (unpaired) electrons. The first kappa shape index (κ1) is 21.7. The third-order valence-corrected chi connectivity index (χ3v) is 5.42. The van der Waals surface area contributed by atoms with Gasteiger partial charge in [-0.05, 0) is 16.7 Å². The van der Waals surface area contributed by atoms with Crippen molar-refractivity contribution in [2.24, 2.45) is 0 Å². The highest BCUT2D eigenvalue weighted by molar-refractivity contribution is 5.93. The van der Waals surface area contributed by atoms with E-state index in [0.717, 1.165) is 27.5 Å². The van der Waals surface area contributed by atoms with Gasteiger partial charge in [0, 0.05) is 19.2 Å². The molecule has 2 heterocycles. The van der Waals surface area contributed by atoms with Crippen LogP contribution in [0.25, 0.3) is 11.1 Å². The van der Waals surface area contributed by atoms with Crippen LogP contribution < -0.4 is 16.6 Å². The maximum Gasteiger partial charge on any atom is 0.330 e. The molecule has 0 aliphatic carbocycles. The fraction of sp³-hybridized carbons (Fsp3) is 0.261. The van der Waals surface area contributed by atoms with E-state index in [0.29, 0.717) is 0 Å². The van der Waals surface area contributed by atoms with Crippen LogP contribution >= 0.6 is 0 Å². The van der Waals surface area contributed by atoms with Crippen LogP contribution in [0, 0.1) is 0 Å². The molecule has 32 heavy (non-hydrogen) atoms. The van der Waals surface area contributed by atoms with Crippen LogP contribution in [0.2, 0.25) is 0 Å². The molecule has 0 unspecified atom stereocenters. The van der Waals surface area contributed by atoms with Crippen molar-refractivity contribution in [2.75, 3.05) is 6.61 Å². The number of amides is 1. The number of carbonyl (C=O) groups excluding carboxylic acids is 1. The van der Waals surface area contributed by atoms with Gasteiger partial charge in [0.05, 0.1) is 12.7 Å². The zero-order valence-electron chi connectivity index (χ0n) is 17.1. The minimum Gasteiger partial charge on any atom is -0.394 e. The third kappa shape index (κ3) is 4.54. The highest BCUT2D eigenvalue weighted by Crippen LogP contribution is 2.27. The summed E-state index contributed by atoms with van der Waals surface area (Å²) in [7, 11) is 0. The molecule has 1 amide bonds. The lowest BCUT2D eigenvalue weighted by Gasteiger charge is -2.15. The van der Waals surface area contributed by atoms with Gasteiger partial charge < -0.3 is 20.3 Å². The van der Waals surface area contributed by atoms with Crippen molar-refractivity contribution in [3.05, 3.63) is 92.8 Å². The van der Waals surface area contributed by atoms with Gasteiger partial charge in [-0.2, -0.15) is 0 Å². The fourth-order valence-corrected chi connectivity index (χ4v) is 3.63. The second-order valence-electron chi connectivity index (χ2n) is 7.57. The molecule has 2 aromatic carbocycles. The molecule has 1 aliphatic heterocycles. The van der Waals surface area contributed by atoms with E-state index in [1.165, 1.54) is 0 Å². The van der Waals surface area contributed by atoms with Crippen LogP contribution in [0.3, 0.4) is 0 Å². The highest BCUT2D eigenvalue weighted by Gasteiger charge is 2.35. The number of rotatable bonds is 6. The number of H-pyrrole nitrogens is 1. The summed E-state index contributed by atoms with van der Waals surface area (Å²) in [5.74, 6) is -0.649. The summed E-state index contributed by atoms with van der Waals surface area (Å²) in [4.78, 5) is 39.1. The molecule has 166 valence electrons. The number of nitrogens with one attached hydrogen (secondary N) is 2. The summed E-state index contributed by atoms with van der Waals surface area (Å²) in [5, 5.41) is 21.8. The van der Waals surface area contributed by atoms with Gasteiger partial charge in [-0.15, -0.1) is 0 Å². The topological polar surface area (TPSA) is 134 Å². The Kier molecular flexibility index (Phi) is 6.31. The predicted octanol–water partition coefficient (Wildman–Crippen LogP) is 0.774. The van der Waals surface area contributed by atoms with Crippen molar-refractivity contribution in [3.8, 4) is 11.1 Å². The minimum absolute atomic E-state index is 0.0476. The highest BCUT2D eigenvalue weighted by atomic mass is 16.5. The molecular formula is C23H23N3O6. The summed E-state index contributed by atoms with van der Waals surface area (Å²) in [6.07, 6.45) is -1.53. The SMILES string of the molecule is O=C(NCc1ccc(-c2ccccc2)cc1)c1cn([C@H]2C[C@H](O)[C@@H](CO)O2)c(=O)[nH]c1=O. The maximum atomic E-state index is 12.6. The minimum atomic E-state index is -0.958. The number of ether oxygens (including phenoxy) is 1. The molecule has 1 aromatic heterocycles. The molecule has 4 N–H and O–H groups in total. The quantitative estimate of drug-likeness (QED) is 0.450. The standard InChI is InChI=1S/C23H23N3O6/c27-13-19-18(28)10-20(32-19)26-12-17(22(30)25-23(26)31)21(29)24-11-14-6-8-16(9-7-14)15-4-2-1-3-5-15/h1-9,12,18-20,27-28H,10-11,13H2,(H,24,29)(H,25,30,31)/t18-,19+,20+/m0/s1. The first-order chi connectivity index (χ1) is 15.5. The maximum absolute atomic E-state index is 12.6. The number of aromatic amines is 1. The predicted molar refractivity (Wildman–Crippen MR) is 116 cm³/mol. The van der Waals surface area contributed by atoms with E-state index in [2.05, 4.69) is 10.3 Å². The number of aliphatic hydroxyl groups is 2. The zero-order chi connectivity index (χ0) is 22.7. The Morgan fingerprint density at radius 3 is 2.44 bits per heavy atom. The van der Waals surface area contributed by atoms with E-state index in [1.807, 2.05) is 54.6 Å². The lowest BCUT2D eigenvalue weighted by atomic mass is 10.0. The Hall–Kier alpha value is -3.53. The molecular weight excluding hydrogens is 414 g/mol. The number of benzene rings is 2. The monoisotopic (exact) mass is 437 g/mol. The third-order valence-electron chi connectivity index (χ3n) is 5.42. The van der Waals surface area contributed by atoms with E-state index < -0.39 is 42.2 Å². The smallest absolute Gasteiger partial charge is 0.330 e. The summed E-state index contributed by atoms with van der Waals surface area (Å²) in [5.41, 5.74) is 1.13. The van der Waals surface area contributed by atoms with Crippen molar-refractivity contribution in [3.63, 3.8) is 0 Å². The van der Waals surface area contributed by atoms with Gasteiger partial charge in [0.15, 0.2) is 0 Å². The van der Waals surface area contributed by atoms with E-state index in [-0.39, 0.29) is 18.5 Å². The normalized spacial score (nSPS) is 20.2. The van der Waals surface area contributed by atoms with Gasteiger partial charge in [-0.1, -0.05) is 54.6 Å². The number of hydrogen-bond acceptors (Lipinski definition) is 6. The van der Waals surface area contributed by atoms with E-state index in [9.17, 15) is 24.6 Å². The van der Waals surface area contributed by atoms with Gasteiger partial charge in [-0.3, -0.25) is 19.1 Å². The number of nitrogens with zero attached hydrogens (tertiary/aromatic N) is 1. The molecule has 3 aromatic rings. The summed E-state index contributed by atoms with van der Waals surface area (Å²) >= 11 is 0. The number of aliphatic hydroxyl groups excluding tert-OH is 2. The van der Waals surface area contributed by atoms with Crippen molar-refractivity contribution in [2.45, 2.75) is 31.4 Å². The van der Waals surface area contributed by atoms with Crippen molar-refractivity contribution in [1.29, 1.82) is 0 Å². The summed E-state index contributed by atoms with van der Waals surface area (Å²) in [6.45, 7) is -0.218. The summed E-state index contributed by atoms with van der Waals surface area (Å²) in [6, 6.07) is 17.6. The van der Waals surface area contributed by atoms with Gasteiger partial charge >= 0.3 is 5.69 Å². The van der Waals surface area contributed by atoms with Crippen LogP contribution in [0.4, 0.5) is 0 Å². The van der Waals surface area contributed by atoms with E-state index >= 15 is 0 Å².